The number of carbonyl (C=O) groups excluding carboxylic acids is 1. The van der Waals surface area contributed by atoms with Crippen LogP contribution in [0, 0.1) is 6.92 Å². The largest absolute Gasteiger partial charge is 0.486 e. The second-order valence-electron chi connectivity index (χ2n) is 6.39. The quantitative estimate of drug-likeness (QED) is 0.585. The van der Waals surface area contributed by atoms with Crippen LogP contribution in [0.25, 0.3) is 10.2 Å². The predicted molar refractivity (Wildman–Crippen MR) is 107 cm³/mol. The maximum Gasteiger partial charge on any atom is 0.325 e. The number of aromatic nitrogens is 1. The van der Waals surface area contributed by atoms with Crippen LogP contribution in [0.3, 0.4) is 0 Å². The van der Waals surface area contributed by atoms with Crippen LogP contribution in [0.1, 0.15) is 5.56 Å². The maximum atomic E-state index is 12.8. The van der Waals surface area contributed by atoms with Crippen LogP contribution in [-0.4, -0.2) is 39.3 Å². The van der Waals surface area contributed by atoms with Crippen molar-refractivity contribution in [2.45, 2.75) is 18.4 Å². The molecule has 0 spiro atoms. The summed E-state index contributed by atoms with van der Waals surface area (Å²) < 4.78 is 47.8. The van der Waals surface area contributed by atoms with E-state index >= 15 is 0 Å². The van der Waals surface area contributed by atoms with Crippen LogP contribution >= 0.6 is 11.3 Å². The Morgan fingerprint density at radius 3 is 2.48 bits per heavy atom. The number of fused-ring (bicyclic) bond motifs is 2. The van der Waals surface area contributed by atoms with Gasteiger partial charge < -0.3 is 18.8 Å². The Hall–Kier alpha value is -2.85. The summed E-state index contributed by atoms with van der Waals surface area (Å²) >= 11 is 1.15. The number of esters is 1. The zero-order valence-electron chi connectivity index (χ0n) is 15.7. The molecule has 152 valence electrons. The molecule has 0 bridgehead atoms. The monoisotopic (exact) mass is 434 g/mol. The Kier molecular flexibility index (Phi) is 5.05. The zero-order valence-corrected chi connectivity index (χ0v) is 17.4. The van der Waals surface area contributed by atoms with Crippen LogP contribution in [0.4, 0.5) is 0 Å². The van der Waals surface area contributed by atoms with Gasteiger partial charge in [-0.3, -0.25) is 4.79 Å². The third kappa shape index (κ3) is 3.85. The summed E-state index contributed by atoms with van der Waals surface area (Å²) in [5.41, 5.74) is 1.56. The molecule has 4 rings (SSSR count). The van der Waals surface area contributed by atoms with Gasteiger partial charge in [0.1, 0.15) is 19.8 Å². The topological polar surface area (TPSA) is 96.2 Å². The highest BCUT2D eigenvalue weighted by Crippen LogP contribution is 2.35. The van der Waals surface area contributed by atoms with Crippen LogP contribution in [0.5, 0.6) is 11.5 Å². The first kappa shape index (κ1) is 19.5. The molecule has 0 saturated heterocycles. The number of hydrogen-bond acceptors (Lipinski definition) is 7. The van der Waals surface area contributed by atoms with Crippen molar-refractivity contribution in [1.29, 1.82) is 0 Å². The van der Waals surface area contributed by atoms with Crippen molar-refractivity contribution in [3.05, 3.63) is 46.8 Å². The Morgan fingerprint density at radius 2 is 1.83 bits per heavy atom. The molecule has 0 aliphatic carbocycles. The highest BCUT2D eigenvalue weighted by molar-refractivity contribution is 7.90. The summed E-state index contributed by atoms with van der Waals surface area (Å²) in [5, 5.41) is 0. The summed E-state index contributed by atoms with van der Waals surface area (Å²) in [5.74, 6) is 0.588. The lowest BCUT2D eigenvalue weighted by atomic mass is 10.2. The minimum atomic E-state index is -3.96. The Bertz CT molecular complexity index is 1260. The van der Waals surface area contributed by atoms with Crippen molar-refractivity contribution in [3.8, 4) is 11.5 Å². The van der Waals surface area contributed by atoms with Crippen molar-refractivity contribution in [1.82, 2.24) is 4.57 Å². The number of aryl methyl sites for hydroxylation is 1. The van der Waals surface area contributed by atoms with Gasteiger partial charge in [0.25, 0.3) is 10.0 Å². The first-order chi connectivity index (χ1) is 13.9. The van der Waals surface area contributed by atoms with E-state index in [4.69, 9.17) is 14.2 Å². The molecule has 2 heterocycles. The average molecular weight is 434 g/mol. The van der Waals surface area contributed by atoms with Gasteiger partial charge in [0.2, 0.25) is 4.80 Å². The van der Waals surface area contributed by atoms with Crippen molar-refractivity contribution < 1.29 is 27.4 Å². The summed E-state index contributed by atoms with van der Waals surface area (Å²) in [6.07, 6.45) is 0. The molecular formula is C19H18N2O6S2. The lowest BCUT2D eigenvalue weighted by Crippen LogP contribution is -2.22. The number of sulfonamides is 1. The molecular weight excluding hydrogens is 416 g/mol. The van der Waals surface area contributed by atoms with Gasteiger partial charge in [0.15, 0.2) is 11.5 Å². The van der Waals surface area contributed by atoms with Crippen LogP contribution in [0.2, 0.25) is 0 Å². The fraction of sp³-hybridized carbons (Fsp3) is 0.263. The number of benzene rings is 2. The summed E-state index contributed by atoms with van der Waals surface area (Å²) in [6.45, 7) is 2.54. The molecule has 0 atom stereocenters. The SMILES string of the molecule is COC(=O)Cn1/c(=N/S(=O)(=O)c2ccc(C)cc2)sc2cc3c(cc21)OCCO3. The standard InChI is InChI=1S/C19H18N2O6S2/c1-12-3-5-13(6-4-12)29(23,24)20-19-21(11-18(22)25-2)14-9-15-16(10-17(14)28-19)27-8-7-26-15/h3-6,9-10H,7-8,11H2,1-2H3/b20-19-. The van der Waals surface area contributed by atoms with Gasteiger partial charge in [-0.15, -0.1) is 4.40 Å². The minimum absolute atomic E-state index is 0.0798. The van der Waals surface area contributed by atoms with E-state index in [1.165, 1.54) is 23.8 Å². The van der Waals surface area contributed by atoms with Gasteiger partial charge >= 0.3 is 5.97 Å². The number of carbonyl (C=O) groups is 1. The molecule has 0 radical (unpaired) electrons. The van der Waals surface area contributed by atoms with Gasteiger partial charge in [-0.1, -0.05) is 29.0 Å². The number of hydrogen-bond donors (Lipinski definition) is 0. The van der Waals surface area contributed by atoms with Gasteiger partial charge in [-0.25, -0.2) is 0 Å². The number of rotatable bonds is 4. The van der Waals surface area contributed by atoms with Crippen LogP contribution in [0.15, 0.2) is 45.7 Å². The summed E-state index contributed by atoms with van der Waals surface area (Å²) in [4.78, 5) is 12.2. The fourth-order valence-electron chi connectivity index (χ4n) is 2.89. The second kappa shape index (κ2) is 7.53. The molecule has 0 fully saturated rings. The third-order valence-electron chi connectivity index (χ3n) is 4.38. The van der Waals surface area contributed by atoms with Crippen LogP contribution in [-0.2, 0) is 26.1 Å². The predicted octanol–water partition coefficient (Wildman–Crippen LogP) is 2.25. The average Bonchev–Trinajstić information content (AvgIpc) is 3.01. The molecule has 2 aromatic carbocycles. The van der Waals surface area contributed by atoms with Gasteiger partial charge in [-0.2, -0.15) is 8.42 Å². The summed E-state index contributed by atoms with van der Waals surface area (Å²) in [6, 6.07) is 9.91. The van der Waals surface area contributed by atoms with Crippen molar-refractivity contribution in [2.75, 3.05) is 20.3 Å². The van der Waals surface area contributed by atoms with E-state index in [1.807, 2.05) is 6.92 Å². The highest BCUT2D eigenvalue weighted by atomic mass is 32.2. The molecule has 0 unspecified atom stereocenters. The number of nitrogens with zero attached hydrogens (tertiary/aromatic N) is 2. The lowest BCUT2D eigenvalue weighted by molar-refractivity contribution is -0.141. The van der Waals surface area contributed by atoms with E-state index in [9.17, 15) is 13.2 Å². The van der Waals surface area contributed by atoms with Gasteiger partial charge in [0.05, 0.1) is 22.2 Å². The molecule has 29 heavy (non-hydrogen) atoms. The zero-order chi connectivity index (χ0) is 20.6. The summed E-state index contributed by atoms with van der Waals surface area (Å²) in [7, 11) is -2.69. The van der Waals surface area contributed by atoms with E-state index in [0.717, 1.165) is 21.6 Å². The molecule has 1 aliphatic rings. The van der Waals surface area contributed by atoms with E-state index in [1.54, 1.807) is 24.3 Å². The number of ether oxygens (including phenoxy) is 3. The fourth-order valence-corrected chi connectivity index (χ4v) is 5.13. The van der Waals surface area contributed by atoms with Crippen molar-refractivity contribution in [3.63, 3.8) is 0 Å². The lowest BCUT2D eigenvalue weighted by Gasteiger charge is -2.18. The molecule has 3 aromatic rings. The molecule has 0 saturated carbocycles. The Morgan fingerprint density at radius 1 is 1.17 bits per heavy atom. The van der Waals surface area contributed by atoms with E-state index in [2.05, 4.69) is 4.40 Å². The van der Waals surface area contributed by atoms with Crippen molar-refractivity contribution >= 4 is 37.5 Å². The number of thiazole rings is 1. The number of methoxy groups -OCH3 is 1. The molecule has 0 N–H and O–H groups in total. The van der Waals surface area contributed by atoms with E-state index in [0.29, 0.717) is 30.2 Å². The third-order valence-corrected chi connectivity index (χ3v) is 6.82. The molecule has 1 aromatic heterocycles. The van der Waals surface area contributed by atoms with E-state index in [-0.39, 0.29) is 16.2 Å². The Balaban J connectivity index is 1.92. The Labute approximate surface area is 171 Å². The smallest absolute Gasteiger partial charge is 0.325 e. The normalized spacial score (nSPS) is 14.2. The van der Waals surface area contributed by atoms with Crippen LogP contribution < -0.4 is 14.3 Å². The molecule has 8 nitrogen and oxygen atoms in total. The maximum absolute atomic E-state index is 12.8. The molecule has 1 aliphatic heterocycles. The van der Waals surface area contributed by atoms with Crippen molar-refractivity contribution in [2.24, 2.45) is 4.40 Å². The first-order valence-electron chi connectivity index (χ1n) is 8.75. The van der Waals surface area contributed by atoms with E-state index < -0.39 is 16.0 Å². The minimum Gasteiger partial charge on any atom is -0.486 e. The molecule has 10 heteroatoms. The second-order valence-corrected chi connectivity index (χ2v) is 9.00. The van der Waals surface area contributed by atoms with Gasteiger partial charge in [-0.05, 0) is 19.1 Å². The first-order valence-corrected chi connectivity index (χ1v) is 11.0. The van der Waals surface area contributed by atoms with Gasteiger partial charge in [0, 0.05) is 12.1 Å². The molecule has 0 amide bonds. The highest BCUT2D eigenvalue weighted by Gasteiger charge is 2.20.